The highest BCUT2D eigenvalue weighted by molar-refractivity contribution is 5.77. The SMILES string of the molecule is COC[C@@H]1C[C@@H](O)CN1C(=O)CC1CC2CCC1C2. The summed E-state index contributed by atoms with van der Waals surface area (Å²) in [6, 6.07) is 0.0751. The van der Waals surface area contributed by atoms with E-state index in [-0.39, 0.29) is 18.1 Å². The molecule has 0 spiro atoms. The van der Waals surface area contributed by atoms with E-state index in [9.17, 15) is 9.90 Å². The second-order valence-corrected chi connectivity index (χ2v) is 6.68. The number of aliphatic hydroxyl groups excluding tert-OH is 1. The molecule has 3 aliphatic rings. The van der Waals surface area contributed by atoms with Gasteiger partial charge in [0.25, 0.3) is 0 Å². The van der Waals surface area contributed by atoms with Crippen LogP contribution >= 0.6 is 0 Å². The first-order chi connectivity index (χ1) is 9.17. The lowest BCUT2D eigenvalue weighted by atomic mass is 9.86. The zero-order valence-electron chi connectivity index (χ0n) is 11.8. The summed E-state index contributed by atoms with van der Waals surface area (Å²) in [5, 5.41) is 9.76. The van der Waals surface area contributed by atoms with Crippen molar-refractivity contribution in [2.45, 2.75) is 50.7 Å². The fourth-order valence-electron chi connectivity index (χ4n) is 4.52. The van der Waals surface area contributed by atoms with E-state index in [2.05, 4.69) is 0 Å². The van der Waals surface area contributed by atoms with Gasteiger partial charge in [-0.25, -0.2) is 0 Å². The second kappa shape index (κ2) is 5.41. The van der Waals surface area contributed by atoms with Crippen molar-refractivity contribution in [3.63, 3.8) is 0 Å². The lowest BCUT2D eigenvalue weighted by Gasteiger charge is -2.27. The molecule has 2 bridgehead atoms. The highest BCUT2D eigenvalue weighted by Crippen LogP contribution is 2.49. The predicted molar refractivity (Wildman–Crippen MR) is 71.6 cm³/mol. The highest BCUT2D eigenvalue weighted by atomic mass is 16.5. The first kappa shape index (κ1) is 13.4. The summed E-state index contributed by atoms with van der Waals surface area (Å²) < 4.78 is 5.17. The number of carbonyl (C=O) groups excluding carboxylic acids is 1. The minimum absolute atomic E-state index is 0.0751. The van der Waals surface area contributed by atoms with E-state index in [1.807, 2.05) is 4.90 Å². The highest BCUT2D eigenvalue weighted by Gasteiger charge is 2.42. The average molecular weight is 267 g/mol. The van der Waals surface area contributed by atoms with Crippen LogP contribution in [-0.4, -0.2) is 48.3 Å². The Morgan fingerprint density at radius 1 is 1.32 bits per heavy atom. The van der Waals surface area contributed by atoms with Crippen LogP contribution in [0.5, 0.6) is 0 Å². The molecule has 1 amide bonds. The van der Waals surface area contributed by atoms with Gasteiger partial charge in [-0.1, -0.05) is 6.42 Å². The maximum absolute atomic E-state index is 12.5. The molecule has 3 fully saturated rings. The molecule has 4 nitrogen and oxygen atoms in total. The average Bonchev–Trinajstić information content (AvgIpc) is 3.05. The molecule has 0 aromatic heterocycles. The van der Waals surface area contributed by atoms with Crippen LogP contribution in [0.25, 0.3) is 0 Å². The molecular weight excluding hydrogens is 242 g/mol. The van der Waals surface area contributed by atoms with Gasteiger partial charge in [-0.05, 0) is 43.4 Å². The number of fused-ring (bicyclic) bond motifs is 2. The number of likely N-dealkylation sites (tertiary alicyclic amines) is 1. The number of hydrogen-bond donors (Lipinski definition) is 1. The zero-order chi connectivity index (χ0) is 13.4. The molecule has 0 radical (unpaired) electrons. The van der Waals surface area contributed by atoms with E-state index in [4.69, 9.17) is 4.74 Å². The summed E-state index contributed by atoms with van der Waals surface area (Å²) in [4.78, 5) is 14.3. The Balaban J connectivity index is 1.57. The van der Waals surface area contributed by atoms with Gasteiger partial charge in [-0.3, -0.25) is 4.79 Å². The third-order valence-electron chi connectivity index (χ3n) is 5.39. The number of β-amino-alcohol motifs (C(OH)–C–C–N with tert-alkyl or cyclic N) is 1. The molecule has 3 unspecified atom stereocenters. The van der Waals surface area contributed by atoms with Gasteiger partial charge in [0.2, 0.25) is 5.91 Å². The number of nitrogens with zero attached hydrogens (tertiary/aromatic N) is 1. The minimum atomic E-state index is -0.371. The van der Waals surface area contributed by atoms with E-state index < -0.39 is 0 Å². The van der Waals surface area contributed by atoms with Crippen molar-refractivity contribution >= 4 is 5.91 Å². The van der Waals surface area contributed by atoms with Crippen molar-refractivity contribution in [1.82, 2.24) is 4.90 Å². The summed E-state index contributed by atoms with van der Waals surface area (Å²) in [7, 11) is 1.66. The minimum Gasteiger partial charge on any atom is -0.391 e. The van der Waals surface area contributed by atoms with E-state index in [0.717, 1.165) is 11.8 Å². The van der Waals surface area contributed by atoms with Gasteiger partial charge in [0.1, 0.15) is 0 Å². The number of aliphatic hydroxyl groups is 1. The summed E-state index contributed by atoms with van der Waals surface area (Å²) in [5.74, 6) is 2.52. The lowest BCUT2D eigenvalue weighted by molar-refractivity contribution is -0.134. The molecule has 0 aromatic carbocycles. The smallest absolute Gasteiger partial charge is 0.223 e. The fraction of sp³-hybridized carbons (Fsp3) is 0.933. The Labute approximate surface area is 115 Å². The lowest BCUT2D eigenvalue weighted by Crippen LogP contribution is -2.39. The first-order valence-electron chi connectivity index (χ1n) is 7.63. The zero-order valence-corrected chi connectivity index (χ0v) is 11.8. The van der Waals surface area contributed by atoms with E-state index in [1.54, 1.807) is 7.11 Å². The number of rotatable bonds is 4. The third kappa shape index (κ3) is 2.65. The van der Waals surface area contributed by atoms with Gasteiger partial charge in [-0.15, -0.1) is 0 Å². The van der Waals surface area contributed by atoms with Crippen LogP contribution in [-0.2, 0) is 9.53 Å². The Hall–Kier alpha value is -0.610. The maximum atomic E-state index is 12.5. The molecule has 2 aliphatic carbocycles. The molecule has 108 valence electrons. The molecule has 0 aromatic rings. The Bertz CT molecular complexity index is 346. The van der Waals surface area contributed by atoms with Crippen LogP contribution in [0.4, 0.5) is 0 Å². The molecular formula is C15H25NO3. The normalized spacial score (nSPS) is 41.2. The van der Waals surface area contributed by atoms with Gasteiger partial charge < -0.3 is 14.7 Å². The number of hydrogen-bond acceptors (Lipinski definition) is 3. The van der Waals surface area contributed by atoms with Crippen LogP contribution in [0.15, 0.2) is 0 Å². The molecule has 2 saturated carbocycles. The van der Waals surface area contributed by atoms with Gasteiger partial charge in [-0.2, -0.15) is 0 Å². The number of ether oxygens (including phenoxy) is 1. The second-order valence-electron chi connectivity index (χ2n) is 6.68. The topological polar surface area (TPSA) is 49.8 Å². The van der Waals surface area contributed by atoms with Crippen LogP contribution in [0.2, 0.25) is 0 Å². The number of amides is 1. The van der Waals surface area contributed by atoms with Crippen LogP contribution in [0.1, 0.15) is 38.5 Å². The van der Waals surface area contributed by atoms with Crippen molar-refractivity contribution in [3.05, 3.63) is 0 Å². The first-order valence-corrected chi connectivity index (χ1v) is 7.63. The molecule has 1 heterocycles. The largest absolute Gasteiger partial charge is 0.391 e. The summed E-state index contributed by atoms with van der Waals surface area (Å²) in [6.45, 7) is 1.03. The maximum Gasteiger partial charge on any atom is 0.223 e. The molecule has 1 N–H and O–H groups in total. The molecule has 1 aliphatic heterocycles. The number of methoxy groups -OCH3 is 1. The van der Waals surface area contributed by atoms with Crippen LogP contribution in [0, 0.1) is 17.8 Å². The van der Waals surface area contributed by atoms with Gasteiger partial charge in [0.15, 0.2) is 0 Å². The fourth-order valence-corrected chi connectivity index (χ4v) is 4.52. The van der Waals surface area contributed by atoms with E-state index in [0.29, 0.717) is 31.9 Å². The Kier molecular flexibility index (Phi) is 3.81. The summed E-state index contributed by atoms with van der Waals surface area (Å²) in [5.41, 5.74) is 0. The Morgan fingerprint density at radius 2 is 2.16 bits per heavy atom. The van der Waals surface area contributed by atoms with Gasteiger partial charge in [0, 0.05) is 20.1 Å². The van der Waals surface area contributed by atoms with E-state index >= 15 is 0 Å². The quantitative estimate of drug-likeness (QED) is 0.838. The van der Waals surface area contributed by atoms with Gasteiger partial charge >= 0.3 is 0 Å². The standard InChI is InChI=1S/C15H25NO3/c1-19-9-13-7-14(17)8-16(13)15(18)6-12-5-10-2-3-11(12)4-10/h10-14,17H,2-9H2,1H3/t10?,11?,12?,13-,14+/m0/s1. The predicted octanol–water partition coefficient (Wildman–Crippen LogP) is 1.42. The summed E-state index contributed by atoms with van der Waals surface area (Å²) in [6.07, 6.45) is 6.29. The summed E-state index contributed by atoms with van der Waals surface area (Å²) >= 11 is 0. The Morgan fingerprint density at radius 3 is 2.79 bits per heavy atom. The number of carbonyl (C=O) groups is 1. The molecule has 5 atom stereocenters. The van der Waals surface area contributed by atoms with Crippen molar-refractivity contribution < 1.29 is 14.6 Å². The molecule has 4 heteroatoms. The van der Waals surface area contributed by atoms with E-state index in [1.165, 1.54) is 25.7 Å². The van der Waals surface area contributed by atoms with Gasteiger partial charge in [0.05, 0.1) is 18.8 Å². The third-order valence-corrected chi connectivity index (χ3v) is 5.39. The van der Waals surface area contributed by atoms with Crippen molar-refractivity contribution in [1.29, 1.82) is 0 Å². The van der Waals surface area contributed by atoms with Crippen LogP contribution < -0.4 is 0 Å². The molecule has 19 heavy (non-hydrogen) atoms. The van der Waals surface area contributed by atoms with Crippen molar-refractivity contribution in [2.75, 3.05) is 20.3 Å². The monoisotopic (exact) mass is 267 g/mol. The van der Waals surface area contributed by atoms with Crippen LogP contribution in [0.3, 0.4) is 0 Å². The van der Waals surface area contributed by atoms with Crippen molar-refractivity contribution in [2.24, 2.45) is 17.8 Å². The molecule has 1 saturated heterocycles. The molecule has 3 rings (SSSR count). The van der Waals surface area contributed by atoms with Crippen molar-refractivity contribution in [3.8, 4) is 0 Å².